The SMILES string of the molecule is OCC1CCc2cnc(C3CCOCC3)n2C1. The summed E-state index contributed by atoms with van der Waals surface area (Å²) in [6.07, 6.45) is 6.34. The van der Waals surface area contributed by atoms with Crippen LogP contribution in [0.3, 0.4) is 0 Å². The minimum atomic E-state index is 0.296. The molecule has 4 nitrogen and oxygen atoms in total. The molecule has 2 aliphatic rings. The molecule has 1 saturated heterocycles. The van der Waals surface area contributed by atoms with Gasteiger partial charge in [0.25, 0.3) is 0 Å². The van der Waals surface area contributed by atoms with Gasteiger partial charge in [-0.05, 0) is 25.7 Å². The number of ether oxygens (including phenoxy) is 1. The number of hydrogen-bond donors (Lipinski definition) is 1. The van der Waals surface area contributed by atoms with Gasteiger partial charge in [-0.1, -0.05) is 0 Å². The van der Waals surface area contributed by atoms with Gasteiger partial charge in [-0.25, -0.2) is 4.98 Å². The van der Waals surface area contributed by atoms with E-state index in [2.05, 4.69) is 9.55 Å². The zero-order valence-corrected chi connectivity index (χ0v) is 10.1. The summed E-state index contributed by atoms with van der Waals surface area (Å²) in [6, 6.07) is 0. The lowest BCUT2D eigenvalue weighted by Gasteiger charge is -2.27. The molecule has 0 saturated carbocycles. The molecule has 1 unspecified atom stereocenters. The molecule has 0 amide bonds. The average Bonchev–Trinajstić information content (AvgIpc) is 2.82. The predicted octanol–water partition coefficient (Wildman–Crippen LogP) is 1.33. The fourth-order valence-electron chi connectivity index (χ4n) is 2.97. The number of hydrogen-bond acceptors (Lipinski definition) is 3. The van der Waals surface area contributed by atoms with Gasteiger partial charge in [0, 0.05) is 50.1 Å². The van der Waals surface area contributed by atoms with Crippen LogP contribution in [0.2, 0.25) is 0 Å². The maximum atomic E-state index is 9.30. The lowest BCUT2D eigenvalue weighted by atomic mass is 9.96. The molecule has 0 spiro atoms. The van der Waals surface area contributed by atoms with Gasteiger partial charge in [0.1, 0.15) is 5.82 Å². The van der Waals surface area contributed by atoms with Gasteiger partial charge in [-0.2, -0.15) is 0 Å². The van der Waals surface area contributed by atoms with E-state index in [1.165, 1.54) is 11.5 Å². The number of nitrogens with zero attached hydrogens (tertiary/aromatic N) is 2. The number of imidazole rings is 1. The van der Waals surface area contributed by atoms with Gasteiger partial charge in [0.05, 0.1) is 0 Å². The number of aromatic nitrogens is 2. The number of aryl methyl sites for hydroxylation is 1. The lowest BCUT2D eigenvalue weighted by molar-refractivity contribution is 0.0820. The average molecular weight is 236 g/mol. The molecule has 2 aliphatic heterocycles. The van der Waals surface area contributed by atoms with Gasteiger partial charge in [-0.3, -0.25) is 0 Å². The van der Waals surface area contributed by atoms with Gasteiger partial charge in [-0.15, -0.1) is 0 Å². The van der Waals surface area contributed by atoms with Crippen LogP contribution >= 0.6 is 0 Å². The van der Waals surface area contributed by atoms with E-state index >= 15 is 0 Å². The minimum absolute atomic E-state index is 0.296. The lowest BCUT2D eigenvalue weighted by Crippen LogP contribution is -2.26. The molecule has 3 rings (SSSR count). The van der Waals surface area contributed by atoms with Crippen molar-refractivity contribution in [3.8, 4) is 0 Å². The van der Waals surface area contributed by atoms with Crippen molar-refractivity contribution in [2.24, 2.45) is 5.92 Å². The second kappa shape index (κ2) is 4.78. The topological polar surface area (TPSA) is 47.3 Å². The number of rotatable bonds is 2. The van der Waals surface area contributed by atoms with E-state index in [4.69, 9.17) is 4.74 Å². The Morgan fingerprint density at radius 2 is 2.18 bits per heavy atom. The fourth-order valence-corrected chi connectivity index (χ4v) is 2.97. The van der Waals surface area contributed by atoms with Crippen molar-refractivity contribution < 1.29 is 9.84 Å². The normalized spacial score (nSPS) is 25.8. The van der Waals surface area contributed by atoms with Crippen molar-refractivity contribution in [2.75, 3.05) is 19.8 Å². The van der Waals surface area contributed by atoms with Crippen LogP contribution in [0.25, 0.3) is 0 Å². The number of aliphatic hydroxyl groups excluding tert-OH is 1. The maximum Gasteiger partial charge on any atom is 0.112 e. The summed E-state index contributed by atoms with van der Waals surface area (Å²) in [5, 5.41) is 9.30. The predicted molar refractivity (Wildman–Crippen MR) is 63.9 cm³/mol. The summed E-state index contributed by atoms with van der Waals surface area (Å²) in [6.45, 7) is 2.95. The molecule has 1 atom stereocenters. The Kier molecular flexibility index (Phi) is 3.16. The summed E-state index contributed by atoms with van der Waals surface area (Å²) in [4.78, 5) is 4.62. The number of aliphatic hydroxyl groups is 1. The summed E-state index contributed by atoms with van der Waals surface area (Å²) >= 11 is 0. The molecule has 17 heavy (non-hydrogen) atoms. The molecule has 0 radical (unpaired) electrons. The molecular formula is C13H20N2O2. The van der Waals surface area contributed by atoms with Gasteiger partial charge >= 0.3 is 0 Å². The van der Waals surface area contributed by atoms with Crippen molar-refractivity contribution in [3.05, 3.63) is 17.7 Å². The van der Waals surface area contributed by atoms with E-state index in [-0.39, 0.29) is 0 Å². The maximum absolute atomic E-state index is 9.30. The summed E-state index contributed by atoms with van der Waals surface area (Å²) in [7, 11) is 0. The van der Waals surface area contributed by atoms with Crippen LogP contribution in [0, 0.1) is 5.92 Å². The van der Waals surface area contributed by atoms with Gasteiger partial charge < -0.3 is 14.4 Å². The van der Waals surface area contributed by atoms with Crippen molar-refractivity contribution in [1.82, 2.24) is 9.55 Å². The second-order valence-corrected chi connectivity index (χ2v) is 5.19. The molecule has 1 aromatic rings. The van der Waals surface area contributed by atoms with E-state index in [1.54, 1.807) is 0 Å². The van der Waals surface area contributed by atoms with Crippen molar-refractivity contribution in [2.45, 2.75) is 38.1 Å². The monoisotopic (exact) mass is 236 g/mol. The largest absolute Gasteiger partial charge is 0.396 e. The van der Waals surface area contributed by atoms with Crippen LogP contribution in [-0.4, -0.2) is 34.5 Å². The van der Waals surface area contributed by atoms with Crippen LogP contribution in [-0.2, 0) is 17.7 Å². The van der Waals surface area contributed by atoms with E-state index < -0.39 is 0 Å². The highest BCUT2D eigenvalue weighted by molar-refractivity contribution is 5.12. The minimum Gasteiger partial charge on any atom is -0.396 e. The van der Waals surface area contributed by atoms with Gasteiger partial charge in [0.2, 0.25) is 0 Å². The van der Waals surface area contributed by atoms with E-state index in [9.17, 15) is 5.11 Å². The first kappa shape index (κ1) is 11.2. The molecule has 1 aromatic heterocycles. The first-order valence-electron chi connectivity index (χ1n) is 6.61. The van der Waals surface area contributed by atoms with Crippen LogP contribution in [0.15, 0.2) is 6.20 Å². The number of fused-ring (bicyclic) bond motifs is 1. The first-order chi connectivity index (χ1) is 8.38. The highest BCUT2D eigenvalue weighted by Gasteiger charge is 2.26. The van der Waals surface area contributed by atoms with Crippen molar-refractivity contribution in [1.29, 1.82) is 0 Å². The van der Waals surface area contributed by atoms with Crippen LogP contribution in [0.1, 0.15) is 36.7 Å². The van der Waals surface area contributed by atoms with Crippen LogP contribution < -0.4 is 0 Å². The van der Waals surface area contributed by atoms with Crippen molar-refractivity contribution >= 4 is 0 Å². The van der Waals surface area contributed by atoms with Gasteiger partial charge in [0.15, 0.2) is 0 Å². The molecule has 1 N–H and O–H groups in total. The zero-order chi connectivity index (χ0) is 11.7. The van der Waals surface area contributed by atoms with Crippen molar-refractivity contribution in [3.63, 3.8) is 0 Å². The summed E-state index contributed by atoms with van der Waals surface area (Å²) < 4.78 is 7.75. The molecular weight excluding hydrogens is 216 g/mol. The second-order valence-electron chi connectivity index (χ2n) is 5.19. The van der Waals surface area contributed by atoms with Crippen LogP contribution in [0.5, 0.6) is 0 Å². The van der Waals surface area contributed by atoms with E-state index in [0.29, 0.717) is 18.4 Å². The third-order valence-corrected chi connectivity index (χ3v) is 4.06. The van der Waals surface area contributed by atoms with E-state index in [0.717, 1.165) is 45.4 Å². The van der Waals surface area contributed by atoms with Crippen LogP contribution in [0.4, 0.5) is 0 Å². The highest BCUT2D eigenvalue weighted by Crippen LogP contribution is 2.30. The third kappa shape index (κ3) is 2.11. The zero-order valence-electron chi connectivity index (χ0n) is 10.1. The molecule has 1 fully saturated rings. The van der Waals surface area contributed by atoms with E-state index in [1.807, 2.05) is 6.20 Å². The molecule has 4 heteroatoms. The standard InChI is InChI=1S/C13H20N2O2/c16-9-10-1-2-12-7-14-13(15(12)8-10)11-3-5-17-6-4-11/h7,10-11,16H,1-6,8-9H2. The smallest absolute Gasteiger partial charge is 0.112 e. The first-order valence-corrected chi connectivity index (χ1v) is 6.61. The fraction of sp³-hybridized carbons (Fsp3) is 0.769. The Bertz CT molecular complexity index is 383. The molecule has 0 aromatic carbocycles. The quantitative estimate of drug-likeness (QED) is 0.842. The molecule has 0 bridgehead atoms. The Labute approximate surface area is 102 Å². The Balaban J connectivity index is 1.83. The Morgan fingerprint density at radius 3 is 2.94 bits per heavy atom. The third-order valence-electron chi connectivity index (χ3n) is 4.06. The molecule has 3 heterocycles. The molecule has 94 valence electrons. The summed E-state index contributed by atoms with van der Waals surface area (Å²) in [5.74, 6) is 2.19. The Morgan fingerprint density at radius 1 is 1.35 bits per heavy atom. The highest BCUT2D eigenvalue weighted by atomic mass is 16.5. The molecule has 0 aliphatic carbocycles. The Hall–Kier alpha value is -0.870. The summed E-state index contributed by atoms with van der Waals surface area (Å²) in [5.41, 5.74) is 1.34.